The summed E-state index contributed by atoms with van der Waals surface area (Å²) < 4.78 is 18.3. The molecule has 3 heterocycles. The van der Waals surface area contributed by atoms with E-state index in [9.17, 15) is 15.3 Å². The number of aliphatic hydroxyl groups is 3. The van der Waals surface area contributed by atoms with Gasteiger partial charge in [-0.05, 0) is 55.8 Å². The lowest BCUT2D eigenvalue weighted by Crippen LogP contribution is -2.70. The third kappa shape index (κ3) is 2.50. The average Bonchev–Trinajstić information content (AvgIpc) is 3.18. The Kier molecular flexibility index (Phi) is 4.45. The third-order valence-corrected chi connectivity index (χ3v) is 10.3. The molecule has 2 saturated carbocycles. The Hall–Kier alpha value is -0.500. The smallest absolute Gasteiger partial charge is 0.189 e. The summed E-state index contributed by atoms with van der Waals surface area (Å²) in [6.07, 6.45) is 2.49. The van der Waals surface area contributed by atoms with E-state index in [1.54, 1.807) is 11.1 Å². The molecule has 0 amide bonds. The Bertz CT molecular complexity index is 810. The van der Waals surface area contributed by atoms with Crippen LogP contribution in [-0.4, -0.2) is 58.4 Å². The second-order valence-electron chi connectivity index (χ2n) is 12.1. The minimum Gasteiger partial charge on any atom is -0.388 e. The van der Waals surface area contributed by atoms with Crippen LogP contribution < -0.4 is 0 Å². The highest BCUT2D eigenvalue weighted by Gasteiger charge is 2.74. The van der Waals surface area contributed by atoms with E-state index in [1.807, 2.05) is 0 Å². The summed E-state index contributed by atoms with van der Waals surface area (Å²) >= 11 is 0. The molecule has 0 bridgehead atoms. The maximum Gasteiger partial charge on any atom is 0.189 e. The van der Waals surface area contributed by atoms with Gasteiger partial charge in [-0.2, -0.15) is 0 Å². The van der Waals surface area contributed by atoms with Crippen molar-refractivity contribution >= 4 is 0 Å². The van der Waals surface area contributed by atoms with Gasteiger partial charge in [0.05, 0.1) is 12.7 Å². The van der Waals surface area contributed by atoms with E-state index in [2.05, 4.69) is 27.7 Å². The molecule has 5 fully saturated rings. The van der Waals surface area contributed by atoms with Gasteiger partial charge in [0.15, 0.2) is 12.6 Å². The predicted molar refractivity (Wildman–Crippen MR) is 113 cm³/mol. The first-order valence-corrected chi connectivity index (χ1v) is 12.4. The molecule has 174 valence electrons. The lowest BCUT2D eigenvalue weighted by Gasteiger charge is -2.54. The van der Waals surface area contributed by atoms with Gasteiger partial charge in [0.25, 0.3) is 0 Å². The molecule has 0 unspecified atom stereocenters. The van der Waals surface area contributed by atoms with Crippen molar-refractivity contribution in [3.8, 4) is 0 Å². The fourth-order valence-corrected chi connectivity index (χ4v) is 8.68. The van der Waals surface area contributed by atoms with Crippen LogP contribution in [0.2, 0.25) is 0 Å². The van der Waals surface area contributed by atoms with Gasteiger partial charge >= 0.3 is 0 Å². The molecule has 0 spiro atoms. The fraction of sp³-hybridized carbons (Fsp3) is 0.920. The Morgan fingerprint density at radius 2 is 1.77 bits per heavy atom. The minimum absolute atomic E-state index is 0.0509. The van der Waals surface area contributed by atoms with Crippen LogP contribution in [0.15, 0.2) is 11.1 Å². The highest BCUT2D eigenvalue weighted by Crippen LogP contribution is 2.68. The Labute approximate surface area is 184 Å². The van der Waals surface area contributed by atoms with E-state index in [4.69, 9.17) is 14.2 Å². The first-order valence-electron chi connectivity index (χ1n) is 12.4. The van der Waals surface area contributed by atoms with E-state index >= 15 is 0 Å². The highest BCUT2D eigenvalue weighted by atomic mass is 16.7. The lowest BCUT2D eigenvalue weighted by atomic mass is 9.53. The van der Waals surface area contributed by atoms with Crippen LogP contribution in [-0.2, 0) is 14.2 Å². The molecule has 3 aliphatic heterocycles. The molecule has 3 aliphatic carbocycles. The number of rotatable bonds is 1. The summed E-state index contributed by atoms with van der Waals surface area (Å²) in [7, 11) is 0. The van der Waals surface area contributed by atoms with Gasteiger partial charge in [-0.25, -0.2) is 0 Å². The van der Waals surface area contributed by atoms with Crippen LogP contribution in [0.5, 0.6) is 0 Å². The van der Waals surface area contributed by atoms with Gasteiger partial charge in [-0.3, -0.25) is 0 Å². The molecule has 3 N–H and O–H groups in total. The normalized spacial score (nSPS) is 58.1. The van der Waals surface area contributed by atoms with Crippen LogP contribution in [0, 0.1) is 34.5 Å². The summed E-state index contributed by atoms with van der Waals surface area (Å²) in [5.41, 5.74) is 1.97. The zero-order valence-electron chi connectivity index (χ0n) is 19.2. The van der Waals surface area contributed by atoms with Crippen LogP contribution in [0.1, 0.15) is 66.2 Å². The van der Waals surface area contributed by atoms with Gasteiger partial charge in [-0.15, -0.1) is 0 Å². The summed E-state index contributed by atoms with van der Waals surface area (Å²) in [5, 5.41) is 33.5. The van der Waals surface area contributed by atoms with E-state index in [-0.39, 0.29) is 35.4 Å². The topological polar surface area (TPSA) is 88.4 Å². The van der Waals surface area contributed by atoms with Crippen molar-refractivity contribution in [3.05, 3.63) is 11.1 Å². The van der Waals surface area contributed by atoms with E-state index in [0.717, 1.165) is 25.7 Å². The molecule has 0 aromatic rings. The fourth-order valence-electron chi connectivity index (χ4n) is 8.68. The number of hydrogen-bond donors (Lipinski definition) is 3. The zero-order chi connectivity index (χ0) is 21.9. The van der Waals surface area contributed by atoms with Gasteiger partial charge in [-0.1, -0.05) is 38.8 Å². The maximum atomic E-state index is 11.9. The van der Waals surface area contributed by atoms with E-state index in [1.165, 1.54) is 12.8 Å². The van der Waals surface area contributed by atoms with Gasteiger partial charge in [0, 0.05) is 17.3 Å². The quantitative estimate of drug-likeness (QED) is 0.550. The van der Waals surface area contributed by atoms with Gasteiger partial charge in [0.1, 0.15) is 17.8 Å². The second kappa shape index (κ2) is 6.55. The summed E-state index contributed by atoms with van der Waals surface area (Å²) in [6.45, 7) is 9.48. The Morgan fingerprint density at radius 3 is 2.52 bits per heavy atom. The number of fused-ring (bicyclic) bond motifs is 4. The molecule has 3 saturated heterocycles. The molecule has 6 nitrogen and oxygen atoms in total. The van der Waals surface area contributed by atoms with Crippen molar-refractivity contribution in [1.82, 2.24) is 0 Å². The first-order chi connectivity index (χ1) is 14.6. The first kappa shape index (κ1) is 21.1. The number of aliphatic hydroxyl groups excluding tert-OH is 2. The van der Waals surface area contributed by atoms with E-state index < -0.39 is 30.4 Å². The van der Waals surface area contributed by atoms with Crippen molar-refractivity contribution < 1.29 is 29.5 Å². The third-order valence-electron chi connectivity index (χ3n) is 10.3. The van der Waals surface area contributed by atoms with Crippen LogP contribution in [0.3, 0.4) is 0 Å². The molecule has 11 atom stereocenters. The second-order valence-corrected chi connectivity index (χ2v) is 12.1. The summed E-state index contributed by atoms with van der Waals surface area (Å²) in [6, 6.07) is 0. The van der Waals surface area contributed by atoms with Gasteiger partial charge < -0.3 is 29.5 Å². The average molecular weight is 435 g/mol. The monoisotopic (exact) mass is 434 g/mol. The predicted octanol–water partition coefficient (Wildman–Crippen LogP) is 2.75. The minimum atomic E-state index is -1.42. The maximum absolute atomic E-state index is 11.9. The SMILES string of the molecule is CC(C)C1=C2[C@H]3CC[C@H]4[C@@H]5[C@H](O[C@@H]6OC[C@@H](O)[C@H](O[C@@H]4O)[C@@]65O)[C@]3(C)CC[C@@]2(C)CC1. The van der Waals surface area contributed by atoms with Crippen LogP contribution >= 0.6 is 0 Å². The largest absolute Gasteiger partial charge is 0.388 e. The molecule has 0 radical (unpaired) electrons. The van der Waals surface area contributed by atoms with Crippen molar-refractivity contribution in [1.29, 1.82) is 0 Å². The van der Waals surface area contributed by atoms with Crippen molar-refractivity contribution in [2.24, 2.45) is 34.5 Å². The van der Waals surface area contributed by atoms with Crippen molar-refractivity contribution in [2.45, 2.75) is 103 Å². The molecular formula is C25H38O6. The van der Waals surface area contributed by atoms with E-state index in [0.29, 0.717) is 11.8 Å². The zero-order valence-corrected chi connectivity index (χ0v) is 19.2. The van der Waals surface area contributed by atoms with Gasteiger partial charge in [0.2, 0.25) is 0 Å². The van der Waals surface area contributed by atoms with Crippen molar-refractivity contribution in [2.75, 3.05) is 6.61 Å². The number of hydrogen-bond acceptors (Lipinski definition) is 6. The molecule has 6 aliphatic rings. The molecular weight excluding hydrogens is 396 g/mol. The highest BCUT2D eigenvalue weighted by molar-refractivity contribution is 5.36. The Morgan fingerprint density at radius 1 is 1.00 bits per heavy atom. The van der Waals surface area contributed by atoms with Crippen molar-refractivity contribution in [3.63, 3.8) is 0 Å². The summed E-state index contributed by atoms with van der Waals surface area (Å²) in [4.78, 5) is 0. The molecule has 6 heteroatoms. The van der Waals surface area contributed by atoms with Crippen LogP contribution in [0.4, 0.5) is 0 Å². The number of allylic oxidation sites excluding steroid dienone is 2. The Balaban J connectivity index is 1.49. The lowest BCUT2D eigenvalue weighted by molar-refractivity contribution is -0.354. The number of ether oxygens (including phenoxy) is 3. The molecule has 31 heavy (non-hydrogen) atoms. The summed E-state index contributed by atoms with van der Waals surface area (Å²) in [5.74, 6) is 0.396. The molecule has 0 aromatic carbocycles. The van der Waals surface area contributed by atoms with Crippen LogP contribution in [0.25, 0.3) is 0 Å². The molecule has 0 aromatic heterocycles. The molecule has 6 rings (SSSR count). The standard InChI is InChI=1S/C25H38O6/c1-12(2)13-7-8-23(3)9-10-24(4)15(17(13)23)6-5-14-18-20(24)31-22-25(18,28)19(30-21(14)27)16(26)11-29-22/h12,14-16,18-22,26-28H,5-11H2,1-4H3/t14-,15+,16+,18+,19-,20-,21-,22-,23+,24+,25+/m0/s1.